The van der Waals surface area contributed by atoms with Crippen molar-refractivity contribution < 1.29 is 9.84 Å². The summed E-state index contributed by atoms with van der Waals surface area (Å²) in [5.41, 5.74) is 6.65. The van der Waals surface area contributed by atoms with Crippen molar-refractivity contribution >= 4 is 29.9 Å². The number of hydrogen-bond acceptors (Lipinski definition) is 3. The number of aromatic hydroxyl groups is 1. The molecule has 0 amide bonds. The summed E-state index contributed by atoms with van der Waals surface area (Å²) < 4.78 is 5.08. The van der Waals surface area contributed by atoms with Crippen molar-refractivity contribution in [2.45, 2.75) is 25.7 Å². The van der Waals surface area contributed by atoms with Crippen molar-refractivity contribution in [3.8, 4) is 11.5 Å². The summed E-state index contributed by atoms with van der Waals surface area (Å²) in [6, 6.07) is 5.48. The maximum absolute atomic E-state index is 9.96. The van der Waals surface area contributed by atoms with Gasteiger partial charge in [0.05, 0.1) is 7.11 Å². The van der Waals surface area contributed by atoms with E-state index in [1.165, 1.54) is 19.3 Å². The molecule has 5 nitrogen and oxygen atoms in total. The number of ether oxygens (including phenoxy) is 1. The zero-order valence-corrected chi connectivity index (χ0v) is 14.7. The molecular formula is C15H24IN3O2. The molecule has 1 aromatic carbocycles. The molecule has 0 radical (unpaired) electrons. The van der Waals surface area contributed by atoms with Gasteiger partial charge in [0.15, 0.2) is 17.5 Å². The Morgan fingerprint density at radius 3 is 2.86 bits per heavy atom. The second-order valence-corrected chi connectivity index (χ2v) is 5.17. The average molecular weight is 405 g/mol. The van der Waals surface area contributed by atoms with Gasteiger partial charge in [-0.2, -0.15) is 0 Å². The van der Waals surface area contributed by atoms with Gasteiger partial charge >= 0.3 is 0 Å². The van der Waals surface area contributed by atoms with Gasteiger partial charge in [0.25, 0.3) is 0 Å². The van der Waals surface area contributed by atoms with E-state index in [0.29, 0.717) is 24.7 Å². The molecule has 0 aromatic heterocycles. The van der Waals surface area contributed by atoms with Crippen molar-refractivity contribution in [2.75, 3.05) is 20.2 Å². The van der Waals surface area contributed by atoms with Crippen molar-refractivity contribution in [3.05, 3.63) is 23.8 Å². The van der Waals surface area contributed by atoms with Gasteiger partial charge in [-0.1, -0.05) is 18.6 Å². The number of phenols is 1. The lowest BCUT2D eigenvalue weighted by Gasteiger charge is -2.23. The molecule has 0 aliphatic heterocycles. The summed E-state index contributed by atoms with van der Waals surface area (Å²) in [5, 5.41) is 13.0. The van der Waals surface area contributed by atoms with Crippen LogP contribution >= 0.6 is 24.0 Å². The van der Waals surface area contributed by atoms with E-state index in [0.717, 1.165) is 18.0 Å². The predicted molar refractivity (Wildman–Crippen MR) is 95.6 cm³/mol. The number of hydrogen-bond donors (Lipinski definition) is 3. The molecule has 0 bridgehead atoms. The topological polar surface area (TPSA) is 79.9 Å². The number of phenolic OH excluding ortho intramolecular Hbond substituents is 1. The second-order valence-electron chi connectivity index (χ2n) is 5.17. The molecule has 0 heterocycles. The highest BCUT2D eigenvalue weighted by Crippen LogP contribution is 2.29. The van der Waals surface area contributed by atoms with E-state index in [4.69, 9.17) is 10.5 Å². The molecule has 2 rings (SSSR count). The fourth-order valence-electron chi connectivity index (χ4n) is 2.22. The SMILES string of the molecule is COc1cccc(CCNC(N)=NCC2CCC2)c1O.I. The van der Waals surface area contributed by atoms with Crippen LogP contribution in [-0.4, -0.2) is 31.3 Å². The molecule has 1 aliphatic rings. The predicted octanol–water partition coefficient (Wildman–Crippen LogP) is 2.27. The van der Waals surface area contributed by atoms with E-state index in [1.807, 2.05) is 12.1 Å². The third-order valence-corrected chi connectivity index (χ3v) is 3.75. The molecule has 1 saturated carbocycles. The monoisotopic (exact) mass is 405 g/mol. The van der Waals surface area contributed by atoms with Crippen molar-refractivity contribution in [3.63, 3.8) is 0 Å². The third-order valence-electron chi connectivity index (χ3n) is 3.75. The molecule has 21 heavy (non-hydrogen) atoms. The number of aliphatic imine (C=N–C) groups is 1. The summed E-state index contributed by atoms with van der Waals surface area (Å²) in [4.78, 5) is 4.33. The van der Waals surface area contributed by atoms with Crippen LogP contribution in [0.5, 0.6) is 11.5 Å². The fraction of sp³-hybridized carbons (Fsp3) is 0.533. The van der Waals surface area contributed by atoms with Crippen LogP contribution in [-0.2, 0) is 6.42 Å². The van der Waals surface area contributed by atoms with Gasteiger partial charge in [-0.15, -0.1) is 24.0 Å². The van der Waals surface area contributed by atoms with E-state index in [1.54, 1.807) is 13.2 Å². The smallest absolute Gasteiger partial charge is 0.188 e. The lowest BCUT2D eigenvalue weighted by atomic mass is 9.86. The van der Waals surface area contributed by atoms with Crippen LogP contribution in [0.1, 0.15) is 24.8 Å². The van der Waals surface area contributed by atoms with E-state index in [9.17, 15) is 5.11 Å². The Labute approximate surface area is 143 Å². The average Bonchev–Trinajstić information content (AvgIpc) is 2.39. The number of methoxy groups -OCH3 is 1. The van der Waals surface area contributed by atoms with Gasteiger partial charge in [-0.3, -0.25) is 4.99 Å². The molecule has 1 aliphatic carbocycles. The molecule has 6 heteroatoms. The lowest BCUT2D eigenvalue weighted by molar-refractivity contribution is 0.326. The van der Waals surface area contributed by atoms with Crippen LogP contribution in [0.25, 0.3) is 0 Å². The summed E-state index contributed by atoms with van der Waals surface area (Å²) in [6.07, 6.45) is 4.54. The lowest BCUT2D eigenvalue weighted by Crippen LogP contribution is -2.34. The number of para-hydroxylation sites is 1. The summed E-state index contributed by atoms with van der Waals surface area (Å²) >= 11 is 0. The fourth-order valence-corrected chi connectivity index (χ4v) is 2.22. The standard InChI is InChI=1S/C15H23N3O2.HI/c1-20-13-7-3-6-12(14(13)19)8-9-17-15(16)18-10-11-4-2-5-11;/h3,6-7,11,19H,2,4-5,8-10H2,1H3,(H3,16,17,18);1H. The first kappa shape index (κ1) is 17.9. The van der Waals surface area contributed by atoms with Crippen LogP contribution in [0.3, 0.4) is 0 Å². The Bertz CT molecular complexity index is 476. The minimum Gasteiger partial charge on any atom is -0.504 e. The molecule has 0 unspecified atom stereocenters. The summed E-state index contributed by atoms with van der Waals surface area (Å²) in [7, 11) is 1.54. The van der Waals surface area contributed by atoms with Crippen LogP contribution in [0, 0.1) is 5.92 Å². The zero-order chi connectivity index (χ0) is 14.4. The highest BCUT2D eigenvalue weighted by Gasteiger charge is 2.16. The first-order chi connectivity index (χ1) is 9.70. The van der Waals surface area contributed by atoms with Gasteiger partial charge in [0, 0.05) is 13.1 Å². The number of halogens is 1. The first-order valence-corrected chi connectivity index (χ1v) is 7.09. The highest BCUT2D eigenvalue weighted by atomic mass is 127. The second kappa shape index (κ2) is 8.96. The van der Waals surface area contributed by atoms with Gasteiger partial charge in [-0.05, 0) is 36.8 Å². The van der Waals surface area contributed by atoms with Gasteiger partial charge in [-0.25, -0.2) is 0 Å². The number of benzene rings is 1. The third kappa shape index (κ3) is 5.26. The minimum absolute atomic E-state index is 0. The largest absolute Gasteiger partial charge is 0.504 e. The molecule has 0 spiro atoms. The van der Waals surface area contributed by atoms with Crippen molar-refractivity contribution in [1.29, 1.82) is 0 Å². The molecule has 0 atom stereocenters. The number of nitrogens with two attached hydrogens (primary N) is 1. The summed E-state index contributed by atoms with van der Waals surface area (Å²) in [6.45, 7) is 1.46. The van der Waals surface area contributed by atoms with E-state index >= 15 is 0 Å². The van der Waals surface area contributed by atoms with Gasteiger partial charge in [0.1, 0.15) is 0 Å². The highest BCUT2D eigenvalue weighted by molar-refractivity contribution is 14.0. The molecule has 0 saturated heterocycles. The van der Waals surface area contributed by atoms with E-state index < -0.39 is 0 Å². The van der Waals surface area contributed by atoms with E-state index in [2.05, 4.69) is 10.3 Å². The number of guanidine groups is 1. The Kier molecular flexibility index (Phi) is 7.63. The maximum Gasteiger partial charge on any atom is 0.188 e. The van der Waals surface area contributed by atoms with Crippen LogP contribution in [0.4, 0.5) is 0 Å². The Hall–Kier alpha value is -1.18. The van der Waals surface area contributed by atoms with Crippen LogP contribution in [0.2, 0.25) is 0 Å². The number of nitrogens with zero attached hydrogens (tertiary/aromatic N) is 1. The van der Waals surface area contributed by atoms with Crippen LogP contribution in [0.15, 0.2) is 23.2 Å². The normalized spacial score (nSPS) is 15.0. The quantitative estimate of drug-likeness (QED) is 0.386. The number of rotatable bonds is 6. The number of nitrogens with one attached hydrogen (secondary N) is 1. The Morgan fingerprint density at radius 1 is 1.48 bits per heavy atom. The van der Waals surface area contributed by atoms with Gasteiger partial charge < -0.3 is 20.9 Å². The Balaban J connectivity index is 0.00000220. The van der Waals surface area contributed by atoms with E-state index in [-0.39, 0.29) is 29.7 Å². The molecule has 118 valence electrons. The van der Waals surface area contributed by atoms with Gasteiger partial charge in [0.2, 0.25) is 0 Å². The molecule has 1 aromatic rings. The first-order valence-electron chi connectivity index (χ1n) is 7.09. The van der Waals surface area contributed by atoms with Crippen LogP contribution < -0.4 is 15.8 Å². The Morgan fingerprint density at radius 2 is 2.24 bits per heavy atom. The summed E-state index contributed by atoms with van der Waals surface area (Å²) in [5.74, 6) is 1.90. The zero-order valence-electron chi connectivity index (χ0n) is 12.3. The van der Waals surface area contributed by atoms with Crippen molar-refractivity contribution in [1.82, 2.24) is 5.32 Å². The van der Waals surface area contributed by atoms with Crippen molar-refractivity contribution in [2.24, 2.45) is 16.6 Å². The molecular weight excluding hydrogens is 381 g/mol. The molecule has 4 N–H and O–H groups in total. The minimum atomic E-state index is 0. The molecule has 1 fully saturated rings. The maximum atomic E-state index is 9.96.